The highest BCUT2D eigenvalue weighted by Crippen LogP contribution is 2.77. The van der Waals surface area contributed by atoms with Crippen LogP contribution in [0.4, 0.5) is 0 Å². The number of fused-ring (bicyclic) bond motifs is 4. The Bertz CT molecular complexity index is 2690. The zero-order valence-corrected chi connectivity index (χ0v) is 36.1. The molecule has 10 heteroatoms. The molecule has 10 atom stereocenters. The van der Waals surface area contributed by atoms with Gasteiger partial charge in [0.2, 0.25) is 0 Å². The Morgan fingerprint density at radius 2 is 1.64 bits per heavy atom. The molecule has 5 aromatic rings. The Kier molecular flexibility index (Phi) is 10.0. The average Bonchev–Trinajstić information content (AvgIpc) is 4.09. The quantitative estimate of drug-likeness (QED) is 0.0396. The van der Waals surface area contributed by atoms with E-state index in [9.17, 15) is 35.7 Å². The zero-order chi connectivity index (χ0) is 44.0. The number of aromatic nitrogens is 2. The molecule has 5 aliphatic carbocycles. The molecule has 4 fully saturated rings. The third-order valence-corrected chi connectivity index (χ3v) is 17.5. The lowest BCUT2D eigenvalue weighted by molar-refractivity contribution is -0.191. The molecule has 332 valence electrons. The van der Waals surface area contributed by atoms with E-state index in [1.165, 1.54) is 55.1 Å². The van der Waals surface area contributed by atoms with Crippen molar-refractivity contribution < 1.29 is 35.7 Å². The van der Waals surface area contributed by atoms with Gasteiger partial charge >= 0.3 is 0 Å². The molecule has 1 aromatic heterocycles. The molecular formula is C54H59N3O7. The van der Waals surface area contributed by atoms with Crippen LogP contribution in [0.5, 0.6) is 28.7 Å². The smallest absolute Gasteiger partial charge is 0.169 e. The van der Waals surface area contributed by atoms with Crippen molar-refractivity contribution in [2.24, 2.45) is 34.5 Å². The van der Waals surface area contributed by atoms with Crippen molar-refractivity contribution in [1.82, 2.24) is 15.3 Å². The standard InChI is InChI=1S/C54H59N3O7/c58-25-20-34-27-41(57-51-40(34)28-36-5-3-22-53(36)24-23-52-21-2-4-35(52)15-19-44(61)50(52)54(51,53)46-29-55-30-56-46)33-13-8-31(9-14-33)10-17-39-37(16-11-32-12-18-42(59)45(62)26-32)38-6-1-7-43(60)47(38)49(64)48(39)63/h1,6-9,11-16,18-19,26-27,29-30,35-36,40-41,44,50-51,57-64H,2-5,10,17,20-25,28H2,(H,55,56)/b16-11+/t35-,36+,40+,41+,44-,50-,51+,52+,53+,54-/m1/s1. The Morgan fingerprint density at radius 1 is 0.797 bits per heavy atom. The molecule has 4 saturated carbocycles. The number of H-pyrrole nitrogens is 1. The van der Waals surface area contributed by atoms with Gasteiger partial charge < -0.3 is 46.0 Å². The van der Waals surface area contributed by atoms with E-state index in [-0.39, 0.29) is 75.5 Å². The molecule has 64 heavy (non-hydrogen) atoms. The van der Waals surface area contributed by atoms with Crippen LogP contribution in [0.2, 0.25) is 0 Å². The Labute approximate surface area is 373 Å². The van der Waals surface area contributed by atoms with Crippen molar-refractivity contribution in [3.05, 3.63) is 131 Å². The molecule has 1 aliphatic heterocycles. The summed E-state index contributed by atoms with van der Waals surface area (Å²) in [5.41, 5.74) is 6.05. The summed E-state index contributed by atoms with van der Waals surface area (Å²) in [7, 11) is 0. The summed E-state index contributed by atoms with van der Waals surface area (Å²) >= 11 is 0. The Morgan fingerprint density at radius 3 is 2.44 bits per heavy atom. The fourth-order valence-electron chi connectivity index (χ4n) is 15.1. The van der Waals surface area contributed by atoms with E-state index in [4.69, 9.17) is 4.98 Å². The molecule has 0 saturated heterocycles. The van der Waals surface area contributed by atoms with Gasteiger partial charge in [-0.05, 0) is 139 Å². The highest BCUT2D eigenvalue weighted by atomic mass is 16.3. The van der Waals surface area contributed by atoms with Gasteiger partial charge in [-0.3, -0.25) is 0 Å². The van der Waals surface area contributed by atoms with Crippen LogP contribution in [-0.4, -0.2) is 64.5 Å². The number of hydrogen-bond acceptors (Lipinski definition) is 9. The lowest BCUT2D eigenvalue weighted by atomic mass is 9.33. The van der Waals surface area contributed by atoms with Crippen LogP contribution in [0.1, 0.15) is 104 Å². The van der Waals surface area contributed by atoms with Gasteiger partial charge in [0.25, 0.3) is 0 Å². The number of aromatic hydroxyl groups is 5. The van der Waals surface area contributed by atoms with Crippen LogP contribution in [-0.2, 0) is 18.3 Å². The first-order valence-corrected chi connectivity index (χ1v) is 23.5. The number of imidazole rings is 1. The molecule has 11 rings (SSSR count). The minimum absolute atomic E-state index is 0.0142. The van der Waals surface area contributed by atoms with Crippen molar-refractivity contribution in [2.45, 2.75) is 101 Å². The number of aliphatic hydroxyl groups excluding tert-OH is 2. The van der Waals surface area contributed by atoms with Gasteiger partial charge in [-0.15, -0.1) is 0 Å². The number of aliphatic hydroxyl groups is 2. The summed E-state index contributed by atoms with van der Waals surface area (Å²) < 4.78 is 0. The van der Waals surface area contributed by atoms with Crippen molar-refractivity contribution >= 4 is 22.9 Å². The molecule has 9 N–H and O–H groups in total. The van der Waals surface area contributed by atoms with Gasteiger partial charge in [-0.25, -0.2) is 4.98 Å². The molecular weight excluding hydrogens is 803 g/mol. The van der Waals surface area contributed by atoms with Gasteiger partial charge in [-0.1, -0.05) is 91.3 Å². The van der Waals surface area contributed by atoms with E-state index in [2.05, 4.69) is 59.0 Å². The summed E-state index contributed by atoms with van der Waals surface area (Å²) in [6, 6.07) is 18.0. The van der Waals surface area contributed by atoms with E-state index in [0.717, 1.165) is 43.2 Å². The molecule has 0 radical (unpaired) electrons. The first-order chi connectivity index (χ1) is 31.1. The molecule has 4 aromatic carbocycles. The Balaban J connectivity index is 0.949. The van der Waals surface area contributed by atoms with Crippen LogP contribution >= 0.6 is 0 Å². The third kappa shape index (κ3) is 5.97. The maximum Gasteiger partial charge on any atom is 0.169 e. The summed E-state index contributed by atoms with van der Waals surface area (Å²) in [4.78, 5) is 8.45. The summed E-state index contributed by atoms with van der Waals surface area (Å²) in [5.74, 6) is -0.0660. The SMILES string of the molecule is OCCC1=C[C@@H](c2ccc(CCc3c(O)c(O)c4c(O)cccc4c3/C=C/c3ccc(O)c(O)c3)cc2)N[C@H]2[C@H]1C[C@@H]1CCC[C@]13CC[C@@]14CCC[C@@H]1C=C[C@@H](O)[C@H]4[C@]23c1cnc[nH]1. The van der Waals surface area contributed by atoms with Crippen molar-refractivity contribution in [3.8, 4) is 28.7 Å². The monoisotopic (exact) mass is 861 g/mol. The fraction of sp³-hybridized carbons (Fsp3) is 0.426. The molecule has 2 spiro atoms. The van der Waals surface area contributed by atoms with Crippen molar-refractivity contribution in [3.63, 3.8) is 0 Å². The summed E-state index contributed by atoms with van der Waals surface area (Å²) in [6.07, 6.45) is 25.8. The molecule has 0 amide bonds. The second-order valence-corrected chi connectivity index (χ2v) is 20.0. The first kappa shape index (κ1) is 41.2. The number of nitrogens with one attached hydrogen (secondary N) is 2. The van der Waals surface area contributed by atoms with E-state index in [1.807, 2.05) is 6.33 Å². The second kappa shape index (κ2) is 15.6. The molecule has 2 heterocycles. The van der Waals surface area contributed by atoms with Gasteiger partial charge in [0, 0.05) is 41.4 Å². The number of phenols is 5. The molecule has 6 aliphatic rings. The third-order valence-electron chi connectivity index (χ3n) is 17.5. The van der Waals surface area contributed by atoms with Gasteiger partial charge in [0.1, 0.15) is 5.75 Å². The lowest BCUT2D eigenvalue weighted by Gasteiger charge is -2.72. The lowest BCUT2D eigenvalue weighted by Crippen LogP contribution is -2.76. The summed E-state index contributed by atoms with van der Waals surface area (Å²) in [6.45, 7) is 0.0831. The number of hydrogen-bond donors (Lipinski definition) is 9. The predicted octanol–water partition coefficient (Wildman–Crippen LogP) is 9.24. The second-order valence-electron chi connectivity index (χ2n) is 20.0. The molecule has 0 bridgehead atoms. The molecule has 0 unspecified atom stereocenters. The minimum atomic E-state index is -0.562. The zero-order valence-electron chi connectivity index (χ0n) is 36.1. The number of nitrogens with zero attached hydrogens (tertiary/aromatic N) is 1. The number of allylic oxidation sites excluding steroid dienone is 1. The van der Waals surface area contributed by atoms with Gasteiger partial charge in [0.15, 0.2) is 23.0 Å². The van der Waals surface area contributed by atoms with E-state index in [1.54, 1.807) is 30.4 Å². The summed E-state index contributed by atoms with van der Waals surface area (Å²) in [5, 5.41) is 81.6. The van der Waals surface area contributed by atoms with Crippen molar-refractivity contribution in [2.75, 3.05) is 6.61 Å². The van der Waals surface area contributed by atoms with E-state index in [0.29, 0.717) is 53.2 Å². The number of aromatic amines is 1. The van der Waals surface area contributed by atoms with E-state index < -0.39 is 11.5 Å². The highest BCUT2D eigenvalue weighted by Gasteiger charge is 2.76. The normalized spacial score (nSPS) is 32.8. The number of phenolic OH excluding ortho intramolecular Hbond substituents is 5. The van der Waals surface area contributed by atoms with E-state index >= 15 is 0 Å². The Hall–Kier alpha value is -5.55. The maximum atomic E-state index is 12.5. The number of aryl methyl sites for hydroxylation is 1. The molecule has 10 nitrogen and oxygen atoms in total. The fourth-order valence-corrected chi connectivity index (χ4v) is 15.1. The van der Waals surface area contributed by atoms with Crippen LogP contribution in [0.25, 0.3) is 22.9 Å². The van der Waals surface area contributed by atoms with Gasteiger partial charge in [0.05, 0.1) is 23.9 Å². The van der Waals surface area contributed by atoms with Crippen molar-refractivity contribution in [1.29, 1.82) is 0 Å². The number of benzene rings is 4. The predicted molar refractivity (Wildman–Crippen MR) is 247 cm³/mol. The van der Waals surface area contributed by atoms with Crippen LogP contribution in [0, 0.1) is 34.5 Å². The van der Waals surface area contributed by atoms with Crippen LogP contribution in [0.3, 0.4) is 0 Å². The van der Waals surface area contributed by atoms with Gasteiger partial charge in [-0.2, -0.15) is 0 Å². The number of rotatable bonds is 9. The van der Waals surface area contributed by atoms with Crippen LogP contribution in [0.15, 0.2) is 97.0 Å². The maximum absolute atomic E-state index is 12.5. The minimum Gasteiger partial charge on any atom is -0.507 e. The highest BCUT2D eigenvalue weighted by molar-refractivity contribution is 6.03. The van der Waals surface area contributed by atoms with Crippen LogP contribution < -0.4 is 5.32 Å². The average molecular weight is 862 g/mol. The topological polar surface area (TPSA) is 182 Å². The largest absolute Gasteiger partial charge is 0.507 e. The first-order valence-electron chi connectivity index (χ1n) is 23.5.